The predicted molar refractivity (Wildman–Crippen MR) is 163 cm³/mol. The smallest absolute Gasteiger partial charge is 0.0979 e. The van der Waals surface area contributed by atoms with Crippen LogP contribution in [0.5, 0.6) is 0 Å². The average Bonchev–Trinajstić information content (AvgIpc) is 3.02. The fourth-order valence-corrected chi connectivity index (χ4v) is 5.26. The molecule has 0 radical (unpaired) electrons. The van der Waals surface area contributed by atoms with Crippen LogP contribution in [0.4, 0.5) is 17.1 Å². The molecule has 1 heterocycles. The molecule has 0 aliphatic heterocycles. The van der Waals surface area contributed by atoms with Crippen molar-refractivity contribution in [3.05, 3.63) is 152 Å². The highest BCUT2D eigenvalue weighted by Crippen LogP contribution is 2.42. The first-order valence-electron chi connectivity index (χ1n) is 13.1. The van der Waals surface area contributed by atoms with Crippen LogP contribution >= 0.6 is 0 Å². The maximum absolute atomic E-state index is 5.19. The monoisotopic (exact) mass is 499 g/mol. The van der Waals surface area contributed by atoms with Gasteiger partial charge in [0, 0.05) is 27.9 Å². The number of anilines is 3. The van der Waals surface area contributed by atoms with Crippen molar-refractivity contribution in [2.24, 2.45) is 0 Å². The van der Waals surface area contributed by atoms with Gasteiger partial charge in [0.15, 0.2) is 0 Å². The molecule has 0 spiro atoms. The van der Waals surface area contributed by atoms with E-state index in [4.69, 9.17) is 9.97 Å². The first-order chi connectivity index (χ1) is 19.4. The summed E-state index contributed by atoms with van der Waals surface area (Å²) in [6, 6.07) is 52.5. The lowest BCUT2D eigenvalue weighted by molar-refractivity contribution is 1.29. The Balaban J connectivity index is 1.50. The average molecular weight is 500 g/mol. The Morgan fingerprint density at radius 3 is 1.54 bits per heavy atom. The normalized spacial score (nSPS) is 11.1. The molecule has 7 rings (SSSR count). The van der Waals surface area contributed by atoms with Gasteiger partial charge >= 0.3 is 0 Å². The Bertz CT molecular complexity index is 1860. The lowest BCUT2D eigenvalue weighted by Crippen LogP contribution is -2.10. The van der Waals surface area contributed by atoms with Crippen LogP contribution in [0.3, 0.4) is 0 Å². The van der Waals surface area contributed by atoms with E-state index in [0.717, 1.165) is 61.4 Å². The van der Waals surface area contributed by atoms with Crippen molar-refractivity contribution in [3.8, 4) is 22.5 Å². The van der Waals surface area contributed by atoms with Crippen molar-refractivity contribution in [1.82, 2.24) is 9.97 Å². The third kappa shape index (κ3) is 4.20. The molecule has 3 heteroatoms. The van der Waals surface area contributed by atoms with Gasteiger partial charge in [-0.15, -0.1) is 0 Å². The van der Waals surface area contributed by atoms with Gasteiger partial charge in [-0.3, -0.25) is 0 Å². The fourth-order valence-electron chi connectivity index (χ4n) is 5.26. The van der Waals surface area contributed by atoms with Gasteiger partial charge in [-0.1, -0.05) is 109 Å². The number of aromatic nitrogens is 2. The Hall–Kier alpha value is -5.28. The Labute approximate surface area is 227 Å². The molecule has 1 aromatic heterocycles. The van der Waals surface area contributed by atoms with Crippen LogP contribution in [0.25, 0.3) is 44.3 Å². The standard InChI is InChI=1S/C36H25N3/c1-4-14-26(15-5-1)35-36(38-33-24-11-10-23-32(33)37-35)31-22-12-21-30-29(31)20-13-25-34(30)39(27-16-6-2-7-17-27)28-18-8-3-9-19-28/h1-25H. The zero-order chi connectivity index (χ0) is 26.0. The van der Waals surface area contributed by atoms with Gasteiger partial charge in [-0.05, 0) is 47.9 Å². The number of hydrogen-bond acceptors (Lipinski definition) is 3. The van der Waals surface area contributed by atoms with Crippen LogP contribution in [0.15, 0.2) is 152 Å². The quantitative estimate of drug-likeness (QED) is 0.236. The second-order valence-electron chi connectivity index (χ2n) is 9.46. The number of nitrogens with zero attached hydrogens (tertiary/aromatic N) is 3. The summed E-state index contributed by atoms with van der Waals surface area (Å²) in [4.78, 5) is 12.6. The van der Waals surface area contributed by atoms with E-state index in [0.29, 0.717) is 0 Å². The van der Waals surface area contributed by atoms with Crippen LogP contribution in [-0.2, 0) is 0 Å². The maximum Gasteiger partial charge on any atom is 0.0979 e. The van der Waals surface area contributed by atoms with Crippen LogP contribution in [-0.4, -0.2) is 9.97 Å². The molecule has 3 nitrogen and oxygen atoms in total. The summed E-state index contributed by atoms with van der Waals surface area (Å²) in [5, 5.41) is 2.28. The van der Waals surface area contributed by atoms with Gasteiger partial charge in [0.05, 0.1) is 28.1 Å². The van der Waals surface area contributed by atoms with Crippen molar-refractivity contribution in [1.29, 1.82) is 0 Å². The highest BCUT2D eigenvalue weighted by Gasteiger charge is 2.19. The summed E-state index contributed by atoms with van der Waals surface area (Å²) < 4.78 is 0. The minimum atomic E-state index is 0.883. The summed E-state index contributed by atoms with van der Waals surface area (Å²) in [7, 11) is 0. The van der Waals surface area contributed by atoms with Gasteiger partial charge in [-0.2, -0.15) is 0 Å². The first-order valence-corrected chi connectivity index (χ1v) is 13.1. The largest absolute Gasteiger partial charge is 0.310 e. The van der Waals surface area contributed by atoms with Gasteiger partial charge in [-0.25, -0.2) is 9.97 Å². The molecule has 7 aromatic rings. The number of para-hydroxylation sites is 4. The van der Waals surface area contributed by atoms with Gasteiger partial charge in [0.1, 0.15) is 0 Å². The summed E-state index contributed by atoms with van der Waals surface area (Å²) in [6.45, 7) is 0. The minimum absolute atomic E-state index is 0.883. The Kier molecular flexibility index (Phi) is 5.80. The number of benzene rings is 6. The molecular formula is C36H25N3. The van der Waals surface area contributed by atoms with Crippen LogP contribution in [0.2, 0.25) is 0 Å². The molecule has 0 amide bonds. The van der Waals surface area contributed by atoms with E-state index in [2.05, 4.69) is 126 Å². The topological polar surface area (TPSA) is 29.0 Å². The van der Waals surface area contributed by atoms with Crippen molar-refractivity contribution in [3.63, 3.8) is 0 Å². The minimum Gasteiger partial charge on any atom is -0.310 e. The lowest BCUT2D eigenvalue weighted by atomic mass is 9.96. The van der Waals surface area contributed by atoms with Gasteiger partial charge in [0.25, 0.3) is 0 Å². The van der Waals surface area contributed by atoms with E-state index in [9.17, 15) is 0 Å². The second-order valence-corrected chi connectivity index (χ2v) is 9.46. The fraction of sp³-hybridized carbons (Fsp3) is 0. The number of hydrogen-bond donors (Lipinski definition) is 0. The molecule has 39 heavy (non-hydrogen) atoms. The van der Waals surface area contributed by atoms with Crippen molar-refractivity contribution >= 4 is 38.9 Å². The molecule has 0 saturated carbocycles. The van der Waals surface area contributed by atoms with E-state index >= 15 is 0 Å². The molecule has 0 saturated heterocycles. The first kappa shape index (κ1) is 22.9. The van der Waals surface area contributed by atoms with Crippen LogP contribution in [0.1, 0.15) is 0 Å². The summed E-state index contributed by atoms with van der Waals surface area (Å²) in [6.07, 6.45) is 0. The highest BCUT2D eigenvalue weighted by atomic mass is 15.1. The summed E-state index contributed by atoms with van der Waals surface area (Å²) in [5.41, 5.74) is 8.98. The summed E-state index contributed by atoms with van der Waals surface area (Å²) >= 11 is 0. The van der Waals surface area contributed by atoms with E-state index in [1.165, 1.54) is 0 Å². The van der Waals surface area contributed by atoms with Crippen molar-refractivity contribution in [2.75, 3.05) is 4.90 Å². The summed E-state index contributed by atoms with van der Waals surface area (Å²) in [5.74, 6) is 0. The number of fused-ring (bicyclic) bond motifs is 2. The maximum atomic E-state index is 5.19. The molecule has 0 aliphatic rings. The predicted octanol–water partition coefficient (Wildman–Crippen LogP) is 9.59. The highest BCUT2D eigenvalue weighted by molar-refractivity contribution is 6.07. The van der Waals surface area contributed by atoms with Gasteiger partial charge < -0.3 is 4.90 Å². The lowest BCUT2D eigenvalue weighted by Gasteiger charge is -2.27. The van der Waals surface area contributed by atoms with Crippen molar-refractivity contribution in [2.45, 2.75) is 0 Å². The molecule has 184 valence electrons. The molecule has 0 bridgehead atoms. The molecule has 0 fully saturated rings. The van der Waals surface area contributed by atoms with Gasteiger partial charge in [0.2, 0.25) is 0 Å². The third-order valence-corrected chi connectivity index (χ3v) is 7.04. The SMILES string of the molecule is c1ccc(-c2nc3ccccc3nc2-c2cccc3c(N(c4ccccc4)c4ccccc4)cccc23)cc1. The van der Waals surface area contributed by atoms with E-state index in [1.54, 1.807) is 0 Å². The Morgan fingerprint density at radius 1 is 0.385 bits per heavy atom. The zero-order valence-corrected chi connectivity index (χ0v) is 21.3. The second kappa shape index (κ2) is 9.88. The zero-order valence-electron chi connectivity index (χ0n) is 21.3. The molecular weight excluding hydrogens is 474 g/mol. The molecule has 0 aliphatic carbocycles. The van der Waals surface area contributed by atoms with E-state index in [-0.39, 0.29) is 0 Å². The number of rotatable bonds is 5. The molecule has 0 atom stereocenters. The van der Waals surface area contributed by atoms with E-state index in [1.807, 2.05) is 30.3 Å². The molecule has 0 N–H and O–H groups in total. The van der Waals surface area contributed by atoms with Crippen LogP contribution in [0, 0.1) is 0 Å². The van der Waals surface area contributed by atoms with Crippen LogP contribution < -0.4 is 4.90 Å². The Morgan fingerprint density at radius 2 is 0.897 bits per heavy atom. The van der Waals surface area contributed by atoms with E-state index < -0.39 is 0 Å². The van der Waals surface area contributed by atoms with Crippen molar-refractivity contribution < 1.29 is 0 Å². The third-order valence-electron chi connectivity index (χ3n) is 7.04. The molecule has 0 unspecified atom stereocenters. The molecule has 6 aromatic carbocycles.